The summed E-state index contributed by atoms with van der Waals surface area (Å²) in [6, 6.07) is 6.66. The lowest BCUT2D eigenvalue weighted by molar-refractivity contribution is 0.351. The second kappa shape index (κ2) is 5.57. The number of benzene rings is 1. The first-order chi connectivity index (χ1) is 11.6. The number of nitrogens with one attached hydrogen (secondary N) is 2. The molecule has 1 aromatic heterocycles. The predicted octanol–water partition coefficient (Wildman–Crippen LogP) is 0.951. The largest absolute Gasteiger partial charge is 0.368 e. The molecular formula is C16H20FN7. The number of fused-ring (bicyclic) bond motifs is 1. The lowest BCUT2D eigenvalue weighted by Crippen LogP contribution is -2.61. The maximum Gasteiger partial charge on any atom is 0.222 e. The minimum Gasteiger partial charge on any atom is -0.368 e. The monoisotopic (exact) mass is 329 g/mol. The molecule has 3 heterocycles. The molecule has 0 aliphatic carbocycles. The van der Waals surface area contributed by atoms with Crippen LogP contribution in [-0.2, 0) is 5.79 Å². The van der Waals surface area contributed by atoms with E-state index in [0.29, 0.717) is 17.1 Å². The number of aromatic nitrogens is 2. The van der Waals surface area contributed by atoms with E-state index in [9.17, 15) is 4.39 Å². The fourth-order valence-corrected chi connectivity index (χ4v) is 3.58. The van der Waals surface area contributed by atoms with Crippen molar-refractivity contribution >= 4 is 17.5 Å². The van der Waals surface area contributed by atoms with Gasteiger partial charge in [-0.25, -0.2) is 9.37 Å². The summed E-state index contributed by atoms with van der Waals surface area (Å²) in [5.74, 6) is -0.786. The average Bonchev–Trinajstić information content (AvgIpc) is 2.88. The average molecular weight is 329 g/mol. The van der Waals surface area contributed by atoms with Gasteiger partial charge in [0, 0.05) is 11.6 Å². The fraction of sp³-hybridized carbons (Fsp3) is 0.375. The van der Waals surface area contributed by atoms with Crippen molar-refractivity contribution in [3.8, 4) is 0 Å². The van der Waals surface area contributed by atoms with Crippen molar-refractivity contribution in [2.45, 2.75) is 24.7 Å². The molecule has 126 valence electrons. The van der Waals surface area contributed by atoms with Crippen LogP contribution in [-0.4, -0.2) is 29.1 Å². The summed E-state index contributed by atoms with van der Waals surface area (Å²) in [6.07, 6.45) is 3.37. The fourth-order valence-electron chi connectivity index (χ4n) is 3.58. The van der Waals surface area contributed by atoms with E-state index < -0.39 is 5.79 Å². The molecule has 2 aromatic rings. The number of hydrogen-bond acceptors (Lipinski definition) is 7. The van der Waals surface area contributed by atoms with Crippen molar-refractivity contribution in [2.75, 3.05) is 29.0 Å². The van der Waals surface area contributed by atoms with E-state index in [0.717, 1.165) is 25.9 Å². The summed E-state index contributed by atoms with van der Waals surface area (Å²) in [4.78, 5) is 10.4. The third-order valence-electron chi connectivity index (χ3n) is 4.68. The second-order valence-electron chi connectivity index (χ2n) is 6.19. The van der Waals surface area contributed by atoms with Crippen molar-refractivity contribution in [3.63, 3.8) is 0 Å². The topological polar surface area (TPSA) is 105 Å². The smallest absolute Gasteiger partial charge is 0.222 e. The normalized spacial score (nSPS) is 23.8. The highest BCUT2D eigenvalue weighted by atomic mass is 19.1. The summed E-state index contributed by atoms with van der Waals surface area (Å²) in [5.41, 5.74) is 13.5. The Morgan fingerprint density at radius 3 is 2.75 bits per heavy atom. The highest BCUT2D eigenvalue weighted by Crippen LogP contribution is 2.44. The van der Waals surface area contributed by atoms with Crippen LogP contribution in [0, 0.1) is 5.82 Å². The van der Waals surface area contributed by atoms with Crippen LogP contribution in [0.4, 0.5) is 21.8 Å². The number of halogens is 1. The summed E-state index contributed by atoms with van der Waals surface area (Å²) >= 11 is 0. The number of rotatable bonds is 2. The minimum atomic E-state index is -1.22. The zero-order valence-electron chi connectivity index (χ0n) is 13.2. The van der Waals surface area contributed by atoms with Gasteiger partial charge in [0.15, 0.2) is 11.6 Å². The van der Waals surface area contributed by atoms with Crippen LogP contribution in [0.25, 0.3) is 0 Å². The molecule has 0 spiro atoms. The molecule has 0 bridgehead atoms. The molecular weight excluding hydrogens is 309 g/mol. The molecule has 0 radical (unpaired) electrons. The van der Waals surface area contributed by atoms with Crippen molar-refractivity contribution in [1.29, 1.82) is 0 Å². The molecule has 0 saturated carbocycles. The molecule has 1 atom stereocenters. The maximum absolute atomic E-state index is 14.5. The van der Waals surface area contributed by atoms with Crippen molar-refractivity contribution in [3.05, 3.63) is 41.8 Å². The molecule has 2 aliphatic rings. The predicted molar refractivity (Wildman–Crippen MR) is 90.7 cm³/mol. The van der Waals surface area contributed by atoms with Crippen LogP contribution in [0.15, 0.2) is 30.5 Å². The first kappa shape index (κ1) is 15.1. The number of anilines is 3. The molecule has 8 heteroatoms. The molecule has 24 heavy (non-hydrogen) atoms. The highest BCUT2D eigenvalue weighted by Gasteiger charge is 2.48. The standard InChI is InChI=1S/C16H20FN7/c17-12-4-2-1-3-11(12)16(19)23-13-9-21-15(18)22-14(13)24(16)10-5-7-20-8-6-10/h1-4,9-10,20,23H,5-8,19H2,(H2,18,21,22). The lowest BCUT2D eigenvalue weighted by atomic mass is 10.00. The van der Waals surface area contributed by atoms with E-state index in [1.807, 2.05) is 4.90 Å². The number of nitrogens with zero attached hydrogens (tertiary/aromatic N) is 3. The number of piperidine rings is 1. The van der Waals surface area contributed by atoms with Gasteiger partial charge in [-0.3, -0.25) is 5.73 Å². The number of hydrogen-bond donors (Lipinski definition) is 4. The highest BCUT2D eigenvalue weighted by molar-refractivity contribution is 5.75. The Morgan fingerprint density at radius 2 is 2.00 bits per heavy atom. The number of nitrogens with two attached hydrogens (primary N) is 2. The quantitative estimate of drug-likeness (QED) is 0.650. The van der Waals surface area contributed by atoms with Gasteiger partial charge < -0.3 is 21.3 Å². The molecule has 4 rings (SSSR count). The van der Waals surface area contributed by atoms with Crippen molar-refractivity contribution < 1.29 is 4.39 Å². The first-order valence-electron chi connectivity index (χ1n) is 8.04. The van der Waals surface area contributed by atoms with E-state index in [-0.39, 0.29) is 17.8 Å². The summed E-state index contributed by atoms with van der Waals surface area (Å²) in [6.45, 7) is 1.76. The van der Waals surface area contributed by atoms with E-state index in [4.69, 9.17) is 11.5 Å². The van der Waals surface area contributed by atoms with Crippen molar-refractivity contribution in [2.24, 2.45) is 5.73 Å². The Hall–Kier alpha value is -2.45. The third-order valence-corrected chi connectivity index (χ3v) is 4.68. The summed E-state index contributed by atoms with van der Waals surface area (Å²) in [7, 11) is 0. The Kier molecular flexibility index (Phi) is 3.50. The van der Waals surface area contributed by atoms with E-state index in [1.165, 1.54) is 6.07 Å². The lowest BCUT2D eigenvalue weighted by Gasteiger charge is -2.43. The molecule has 2 aliphatic heterocycles. The third kappa shape index (κ3) is 2.26. The van der Waals surface area contributed by atoms with Crippen LogP contribution < -0.4 is 27.0 Å². The zero-order chi connectivity index (χ0) is 16.7. The van der Waals surface area contributed by atoms with Gasteiger partial charge in [-0.15, -0.1) is 0 Å². The van der Waals surface area contributed by atoms with E-state index in [2.05, 4.69) is 20.6 Å². The van der Waals surface area contributed by atoms with Crippen LogP contribution in [0.5, 0.6) is 0 Å². The molecule has 7 nitrogen and oxygen atoms in total. The molecule has 1 unspecified atom stereocenters. The van der Waals surface area contributed by atoms with E-state index >= 15 is 0 Å². The van der Waals surface area contributed by atoms with Gasteiger partial charge in [0.05, 0.1) is 11.9 Å². The molecule has 1 fully saturated rings. The van der Waals surface area contributed by atoms with Crippen LogP contribution in [0.3, 0.4) is 0 Å². The Bertz CT molecular complexity index is 762. The van der Waals surface area contributed by atoms with Gasteiger partial charge in [0.25, 0.3) is 0 Å². The van der Waals surface area contributed by atoms with Crippen LogP contribution in [0.2, 0.25) is 0 Å². The molecule has 1 saturated heterocycles. The van der Waals surface area contributed by atoms with Crippen molar-refractivity contribution in [1.82, 2.24) is 15.3 Å². The maximum atomic E-state index is 14.5. The molecule has 6 N–H and O–H groups in total. The van der Waals surface area contributed by atoms with Gasteiger partial charge in [-0.1, -0.05) is 18.2 Å². The second-order valence-corrected chi connectivity index (χ2v) is 6.19. The number of nitrogen functional groups attached to an aromatic ring is 1. The van der Waals surface area contributed by atoms with Gasteiger partial charge in [-0.2, -0.15) is 4.98 Å². The van der Waals surface area contributed by atoms with Gasteiger partial charge in [-0.05, 0) is 32.0 Å². The van der Waals surface area contributed by atoms with Crippen LogP contribution >= 0.6 is 0 Å². The molecule has 0 amide bonds. The van der Waals surface area contributed by atoms with E-state index in [1.54, 1.807) is 24.4 Å². The summed E-state index contributed by atoms with van der Waals surface area (Å²) in [5, 5.41) is 6.54. The Balaban J connectivity index is 1.85. The molecule has 1 aromatic carbocycles. The zero-order valence-corrected chi connectivity index (χ0v) is 13.2. The van der Waals surface area contributed by atoms with Gasteiger partial charge >= 0.3 is 0 Å². The SMILES string of the molecule is Nc1ncc2c(n1)N(C1CCNCC1)C(N)(c1ccccc1F)N2. The first-order valence-corrected chi connectivity index (χ1v) is 8.04. The Morgan fingerprint density at radius 1 is 1.25 bits per heavy atom. The van der Waals surface area contributed by atoms with Gasteiger partial charge in [0.1, 0.15) is 5.82 Å². The minimum absolute atomic E-state index is 0.124. The summed E-state index contributed by atoms with van der Waals surface area (Å²) < 4.78 is 14.5. The Labute approximate surface area is 139 Å². The van der Waals surface area contributed by atoms with Crippen LogP contribution in [0.1, 0.15) is 18.4 Å². The van der Waals surface area contributed by atoms with Gasteiger partial charge in [0.2, 0.25) is 5.95 Å².